The zero-order valence-corrected chi connectivity index (χ0v) is 11.5. The number of hydrogen-bond acceptors (Lipinski definition) is 3. The van der Waals surface area contributed by atoms with Crippen molar-refractivity contribution in [3.8, 4) is 5.75 Å². The van der Waals surface area contributed by atoms with Crippen molar-refractivity contribution in [2.45, 2.75) is 32.9 Å². The second-order valence-corrected chi connectivity index (χ2v) is 4.80. The zero-order valence-electron chi connectivity index (χ0n) is 11.5. The van der Waals surface area contributed by atoms with E-state index in [9.17, 15) is 13.6 Å². The summed E-state index contributed by atoms with van der Waals surface area (Å²) in [5.41, 5.74) is 0.685. The van der Waals surface area contributed by atoms with Crippen molar-refractivity contribution in [1.82, 2.24) is 5.32 Å². The molecule has 1 aromatic rings. The molecule has 0 aliphatic carbocycles. The van der Waals surface area contributed by atoms with Crippen LogP contribution < -0.4 is 10.1 Å². The fraction of sp³-hybridized carbons (Fsp3) is 0.500. The van der Waals surface area contributed by atoms with Crippen LogP contribution in [-0.4, -0.2) is 30.3 Å². The summed E-state index contributed by atoms with van der Waals surface area (Å²) in [6.45, 7) is 0.820. The monoisotopic (exact) mass is 287 g/mol. The Morgan fingerprint density at radius 1 is 1.30 bits per heavy atom. The minimum absolute atomic E-state index is 0.0552. The van der Waals surface area contributed by atoms with Gasteiger partial charge >= 0.3 is 6.61 Å². The van der Waals surface area contributed by atoms with Crippen LogP contribution in [0.5, 0.6) is 5.75 Å². The highest BCUT2D eigenvalue weighted by molar-refractivity contribution is 5.78. The van der Waals surface area contributed by atoms with E-state index in [1.807, 2.05) is 13.8 Å². The van der Waals surface area contributed by atoms with E-state index >= 15 is 0 Å². The van der Waals surface area contributed by atoms with Gasteiger partial charge in [0.05, 0.1) is 19.1 Å². The molecule has 1 rings (SSSR count). The third-order valence-electron chi connectivity index (χ3n) is 2.86. The largest absolute Gasteiger partial charge is 0.435 e. The van der Waals surface area contributed by atoms with Crippen LogP contribution in [0.25, 0.3) is 0 Å². The van der Waals surface area contributed by atoms with Crippen LogP contribution >= 0.6 is 0 Å². The fourth-order valence-electron chi connectivity index (χ4n) is 1.66. The minimum atomic E-state index is -2.86. The first-order valence-electron chi connectivity index (χ1n) is 6.36. The van der Waals surface area contributed by atoms with Gasteiger partial charge in [-0.05, 0) is 23.6 Å². The Hall–Kier alpha value is -1.69. The van der Waals surface area contributed by atoms with Crippen molar-refractivity contribution < 1.29 is 23.4 Å². The molecular weight excluding hydrogens is 268 g/mol. The molecule has 0 saturated heterocycles. The van der Waals surface area contributed by atoms with E-state index in [1.165, 1.54) is 12.1 Å². The van der Waals surface area contributed by atoms with Crippen LogP contribution in [0.2, 0.25) is 0 Å². The lowest BCUT2D eigenvalue weighted by atomic mass is 10.0. The Kier molecular flexibility index (Phi) is 6.38. The van der Waals surface area contributed by atoms with Crippen molar-refractivity contribution in [2.24, 2.45) is 5.92 Å². The van der Waals surface area contributed by atoms with Crippen molar-refractivity contribution in [3.05, 3.63) is 29.8 Å². The van der Waals surface area contributed by atoms with Gasteiger partial charge in [-0.2, -0.15) is 8.78 Å². The summed E-state index contributed by atoms with van der Waals surface area (Å²) in [5, 5.41) is 11.9. The molecule has 0 heterocycles. The van der Waals surface area contributed by atoms with E-state index in [4.69, 9.17) is 5.11 Å². The molecule has 0 aromatic heterocycles. The first-order chi connectivity index (χ1) is 9.42. The van der Waals surface area contributed by atoms with Gasteiger partial charge in [-0.1, -0.05) is 26.0 Å². The average Bonchev–Trinajstić information content (AvgIpc) is 2.37. The maximum absolute atomic E-state index is 12.0. The topological polar surface area (TPSA) is 58.6 Å². The maximum Gasteiger partial charge on any atom is 0.387 e. The van der Waals surface area contributed by atoms with Crippen molar-refractivity contribution in [2.75, 3.05) is 6.61 Å². The second kappa shape index (κ2) is 7.79. The van der Waals surface area contributed by atoms with E-state index in [2.05, 4.69) is 10.1 Å². The van der Waals surface area contributed by atoms with Crippen LogP contribution in [0.15, 0.2) is 24.3 Å². The van der Waals surface area contributed by atoms with Gasteiger partial charge in [0.15, 0.2) is 0 Å². The molecule has 0 aliphatic rings. The molecule has 0 spiro atoms. The van der Waals surface area contributed by atoms with Crippen LogP contribution in [-0.2, 0) is 11.2 Å². The first kappa shape index (κ1) is 16.4. The average molecular weight is 287 g/mol. The van der Waals surface area contributed by atoms with Crippen LogP contribution in [0.4, 0.5) is 8.78 Å². The Labute approximate surface area is 116 Å². The van der Waals surface area contributed by atoms with Crippen LogP contribution in [0.1, 0.15) is 19.4 Å². The van der Waals surface area contributed by atoms with Crippen molar-refractivity contribution in [1.29, 1.82) is 0 Å². The van der Waals surface area contributed by atoms with E-state index in [0.717, 1.165) is 0 Å². The number of amides is 1. The van der Waals surface area contributed by atoms with Gasteiger partial charge in [0.25, 0.3) is 0 Å². The number of ether oxygens (including phenoxy) is 1. The minimum Gasteiger partial charge on any atom is -0.435 e. The number of carbonyl (C=O) groups is 1. The number of rotatable bonds is 7. The van der Waals surface area contributed by atoms with Crippen LogP contribution in [0, 0.1) is 5.92 Å². The summed E-state index contributed by atoms with van der Waals surface area (Å²) >= 11 is 0. The lowest BCUT2D eigenvalue weighted by molar-refractivity contribution is -0.121. The number of carbonyl (C=O) groups excluding carboxylic acids is 1. The highest BCUT2D eigenvalue weighted by Gasteiger charge is 2.15. The van der Waals surface area contributed by atoms with Gasteiger partial charge in [-0.25, -0.2) is 0 Å². The summed E-state index contributed by atoms with van der Waals surface area (Å²) in [4.78, 5) is 11.8. The van der Waals surface area contributed by atoms with Gasteiger partial charge < -0.3 is 15.2 Å². The van der Waals surface area contributed by atoms with Gasteiger partial charge in [0.2, 0.25) is 5.91 Å². The molecule has 0 bridgehead atoms. The molecule has 1 atom stereocenters. The smallest absolute Gasteiger partial charge is 0.387 e. The number of halogens is 2. The van der Waals surface area contributed by atoms with Crippen LogP contribution in [0.3, 0.4) is 0 Å². The number of nitrogens with one attached hydrogen (secondary N) is 1. The third kappa shape index (κ3) is 5.52. The lowest BCUT2D eigenvalue weighted by Crippen LogP contribution is -2.41. The molecule has 0 saturated carbocycles. The number of benzene rings is 1. The van der Waals surface area contributed by atoms with Gasteiger partial charge in [0.1, 0.15) is 5.75 Å². The lowest BCUT2D eigenvalue weighted by Gasteiger charge is -2.19. The Bertz CT molecular complexity index is 421. The normalized spacial score (nSPS) is 12.6. The molecular formula is C14H19F2NO3. The molecule has 6 heteroatoms. The number of aliphatic hydroxyl groups is 1. The highest BCUT2D eigenvalue weighted by atomic mass is 19.3. The van der Waals surface area contributed by atoms with E-state index in [0.29, 0.717) is 5.56 Å². The predicted molar refractivity (Wildman–Crippen MR) is 70.6 cm³/mol. The molecule has 0 radical (unpaired) electrons. The summed E-state index contributed by atoms with van der Waals surface area (Å²) in [6, 6.07) is 5.60. The predicted octanol–water partition coefficient (Wildman–Crippen LogP) is 1.96. The first-order valence-corrected chi connectivity index (χ1v) is 6.36. The highest BCUT2D eigenvalue weighted by Crippen LogP contribution is 2.15. The molecule has 20 heavy (non-hydrogen) atoms. The Balaban J connectivity index is 2.53. The summed E-state index contributed by atoms with van der Waals surface area (Å²) in [5.74, 6) is -0.0365. The quantitative estimate of drug-likeness (QED) is 0.806. The fourth-order valence-corrected chi connectivity index (χ4v) is 1.66. The number of aliphatic hydroxyl groups excluding tert-OH is 1. The third-order valence-corrected chi connectivity index (χ3v) is 2.86. The standard InChI is InChI=1S/C14H19F2NO3/c1-9(2)12(8-18)17-13(19)7-10-3-5-11(6-4-10)20-14(15)16/h3-6,9,12,14,18H,7-8H2,1-2H3,(H,17,19). The molecule has 1 unspecified atom stereocenters. The van der Waals surface area contributed by atoms with E-state index in [1.54, 1.807) is 12.1 Å². The Morgan fingerprint density at radius 2 is 1.90 bits per heavy atom. The summed E-state index contributed by atoms with van der Waals surface area (Å²) in [7, 11) is 0. The summed E-state index contributed by atoms with van der Waals surface area (Å²) < 4.78 is 28.2. The van der Waals surface area contributed by atoms with E-state index < -0.39 is 6.61 Å². The molecule has 0 aliphatic heterocycles. The van der Waals surface area contributed by atoms with Crippen molar-refractivity contribution >= 4 is 5.91 Å². The SMILES string of the molecule is CC(C)C(CO)NC(=O)Cc1ccc(OC(F)F)cc1. The van der Waals surface area contributed by atoms with Gasteiger partial charge in [-0.15, -0.1) is 0 Å². The van der Waals surface area contributed by atoms with Gasteiger partial charge in [-0.3, -0.25) is 4.79 Å². The molecule has 2 N–H and O–H groups in total. The molecule has 0 fully saturated rings. The van der Waals surface area contributed by atoms with Crippen molar-refractivity contribution in [3.63, 3.8) is 0 Å². The number of alkyl halides is 2. The van der Waals surface area contributed by atoms with Gasteiger partial charge in [0, 0.05) is 0 Å². The number of hydrogen-bond donors (Lipinski definition) is 2. The van der Waals surface area contributed by atoms with E-state index in [-0.39, 0.29) is 36.6 Å². The molecule has 1 amide bonds. The molecule has 1 aromatic carbocycles. The zero-order chi connectivity index (χ0) is 15.1. The second-order valence-electron chi connectivity index (χ2n) is 4.80. The molecule has 112 valence electrons. The summed E-state index contributed by atoms with van der Waals surface area (Å²) in [6.07, 6.45) is 0.123. The Morgan fingerprint density at radius 3 is 2.35 bits per heavy atom. The maximum atomic E-state index is 12.0. The molecule has 4 nitrogen and oxygen atoms in total.